The van der Waals surface area contributed by atoms with E-state index in [2.05, 4.69) is 216 Å². The van der Waals surface area contributed by atoms with Crippen molar-refractivity contribution in [1.29, 1.82) is 0 Å². The first-order chi connectivity index (χ1) is 27.3. The summed E-state index contributed by atoms with van der Waals surface area (Å²) in [5.74, 6) is 0. The molecule has 258 valence electrons. The molecule has 3 heteroatoms. The van der Waals surface area contributed by atoms with E-state index >= 15 is 0 Å². The zero-order valence-corrected chi connectivity index (χ0v) is 30.7. The van der Waals surface area contributed by atoms with Crippen LogP contribution in [0.4, 0.5) is 17.1 Å². The molecule has 0 atom stereocenters. The largest absolute Gasteiger partial charge is 0.309 e. The maximum absolute atomic E-state index is 2.48. The van der Waals surface area contributed by atoms with Crippen LogP contribution in [-0.2, 0) is 0 Å². The summed E-state index contributed by atoms with van der Waals surface area (Å²) in [6.45, 7) is 0. The lowest BCUT2D eigenvalue weighted by molar-refractivity contribution is 1.18. The molecular weight excluding hydrogens is 685 g/mol. The first kappa shape index (κ1) is 31.6. The number of nitrogens with zero attached hydrogens (tertiary/aromatic N) is 2. The van der Waals surface area contributed by atoms with Gasteiger partial charge in [0.05, 0.1) is 28.1 Å². The highest BCUT2D eigenvalue weighted by Gasteiger charge is 2.24. The monoisotopic (exact) mass is 718 g/mol. The normalized spacial score (nSPS) is 11.6. The van der Waals surface area contributed by atoms with E-state index < -0.39 is 0 Å². The number of para-hydroxylation sites is 3. The Balaban J connectivity index is 1.19. The minimum absolute atomic E-state index is 1.11. The van der Waals surface area contributed by atoms with Crippen LogP contribution >= 0.6 is 11.3 Å². The lowest BCUT2D eigenvalue weighted by Crippen LogP contribution is -2.11. The average Bonchev–Trinajstić information content (AvgIpc) is 3.81. The predicted molar refractivity (Wildman–Crippen MR) is 237 cm³/mol. The quantitative estimate of drug-likeness (QED) is 0.166. The second-order valence-electron chi connectivity index (χ2n) is 14.0. The van der Waals surface area contributed by atoms with Gasteiger partial charge in [0.1, 0.15) is 0 Å². The van der Waals surface area contributed by atoms with Gasteiger partial charge in [-0.15, -0.1) is 11.3 Å². The van der Waals surface area contributed by atoms with Crippen molar-refractivity contribution in [3.8, 4) is 27.9 Å². The second kappa shape index (κ2) is 12.9. The van der Waals surface area contributed by atoms with Crippen LogP contribution in [0.25, 0.3) is 80.7 Å². The molecule has 2 aromatic heterocycles. The molecule has 2 nitrogen and oxygen atoms in total. The molecule has 55 heavy (non-hydrogen) atoms. The molecule has 0 N–H and O–H groups in total. The Hall–Kier alpha value is -6.94. The Labute approximate surface area is 323 Å². The predicted octanol–water partition coefficient (Wildman–Crippen LogP) is 15.1. The maximum atomic E-state index is 2.48. The molecular formula is C52H34N2S. The van der Waals surface area contributed by atoms with Crippen molar-refractivity contribution in [2.45, 2.75) is 0 Å². The topological polar surface area (TPSA) is 8.17 Å². The summed E-state index contributed by atoms with van der Waals surface area (Å²) in [7, 11) is 0. The summed E-state index contributed by atoms with van der Waals surface area (Å²) >= 11 is 1.88. The van der Waals surface area contributed by atoms with Crippen molar-refractivity contribution in [2.24, 2.45) is 0 Å². The van der Waals surface area contributed by atoms with Crippen molar-refractivity contribution >= 4 is 81.1 Å². The summed E-state index contributed by atoms with van der Waals surface area (Å²) in [4.78, 5) is 2.46. The third-order valence-corrected chi connectivity index (χ3v) is 12.2. The number of aromatic nitrogens is 1. The fourth-order valence-electron chi connectivity index (χ4n) is 8.63. The first-order valence-corrected chi connectivity index (χ1v) is 19.6. The van der Waals surface area contributed by atoms with Gasteiger partial charge in [0.2, 0.25) is 0 Å². The molecule has 11 aromatic rings. The minimum Gasteiger partial charge on any atom is -0.309 e. The molecule has 0 aliphatic heterocycles. The molecule has 2 heterocycles. The molecule has 0 spiro atoms. The summed E-state index contributed by atoms with van der Waals surface area (Å²) < 4.78 is 5.11. The van der Waals surface area contributed by atoms with Gasteiger partial charge >= 0.3 is 0 Å². The summed E-state index contributed by atoms with van der Waals surface area (Å²) in [6.07, 6.45) is 0. The zero-order valence-electron chi connectivity index (χ0n) is 29.9. The van der Waals surface area contributed by atoms with Gasteiger partial charge in [-0.3, -0.25) is 0 Å². The number of anilines is 3. The van der Waals surface area contributed by atoms with Crippen LogP contribution in [0, 0.1) is 0 Å². The van der Waals surface area contributed by atoms with Crippen LogP contribution in [0.2, 0.25) is 0 Å². The molecule has 11 rings (SSSR count). The fraction of sp³-hybridized carbons (Fsp3) is 0. The highest BCUT2D eigenvalue weighted by Crippen LogP contribution is 2.48. The van der Waals surface area contributed by atoms with Gasteiger partial charge in [0.25, 0.3) is 0 Å². The Kier molecular flexibility index (Phi) is 7.39. The Bertz CT molecular complexity index is 3210. The number of hydrogen-bond acceptors (Lipinski definition) is 2. The SMILES string of the molecule is c1ccc(-c2ccc(N(c3ccccc3)c3cccc4c3c3ccccc3n4-c3ccccc3-c3cccc4c3sc3ccccc34)c3ccccc23)cc1. The molecule has 0 fully saturated rings. The van der Waals surface area contributed by atoms with Crippen molar-refractivity contribution < 1.29 is 0 Å². The summed E-state index contributed by atoms with van der Waals surface area (Å²) in [5, 5.41) is 7.48. The average molecular weight is 719 g/mol. The highest BCUT2D eigenvalue weighted by atomic mass is 32.1. The lowest BCUT2D eigenvalue weighted by atomic mass is 9.96. The van der Waals surface area contributed by atoms with Crippen LogP contribution in [0.1, 0.15) is 0 Å². The smallest absolute Gasteiger partial charge is 0.0562 e. The lowest BCUT2D eigenvalue weighted by Gasteiger charge is -2.28. The number of fused-ring (bicyclic) bond motifs is 7. The molecule has 0 saturated heterocycles. The molecule has 0 unspecified atom stereocenters. The molecule has 9 aromatic carbocycles. The molecule has 0 aliphatic rings. The number of thiophene rings is 1. The van der Waals surface area contributed by atoms with Gasteiger partial charge in [-0.05, 0) is 65.0 Å². The van der Waals surface area contributed by atoms with E-state index in [1.165, 1.54) is 80.7 Å². The molecule has 0 bridgehead atoms. The van der Waals surface area contributed by atoms with Crippen molar-refractivity contribution in [3.05, 3.63) is 206 Å². The first-order valence-electron chi connectivity index (χ1n) is 18.8. The fourth-order valence-corrected chi connectivity index (χ4v) is 9.86. The molecule has 0 aliphatic carbocycles. The molecule has 0 amide bonds. The second-order valence-corrected chi connectivity index (χ2v) is 15.1. The van der Waals surface area contributed by atoms with Gasteiger partial charge in [-0.1, -0.05) is 158 Å². The Morgan fingerprint density at radius 1 is 0.364 bits per heavy atom. The zero-order chi connectivity index (χ0) is 36.3. The Morgan fingerprint density at radius 3 is 1.84 bits per heavy atom. The summed E-state index contributed by atoms with van der Waals surface area (Å²) in [6, 6.07) is 75.1. The minimum atomic E-state index is 1.11. The van der Waals surface area contributed by atoms with Gasteiger partial charge in [0.15, 0.2) is 0 Å². The third kappa shape index (κ3) is 5.01. The standard InChI is InChI=1S/C52H34N2S/c1-3-17-35(18-4-1)37-33-34-47(39-22-8-7-21-38(37)39)53(36-19-5-2-6-20-36)48-30-16-31-49-51(48)44-25-10-13-29-46(44)54(49)45-28-12-9-23-40(45)42-26-15-27-43-41-24-11-14-32-50(41)55-52(42)43/h1-34H. The number of rotatable bonds is 6. The van der Waals surface area contributed by atoms with Crippen LogP contribution in [-0.4, -0.2) is 4.57 Å². The van der Waals surface area contributed by atoms with Gasteiger partial charge in [-0.2, -0.15) is 0 Å². The number of hydrogen-bond donors (Lipinski definition) is 0. The number of benzene rings is 9. The Morgan fingerprint density at radius 2 is 0.982 bits per heavy atom. The van der Waals surface area contributed by atoms with E-state index in [1.54, 1.807) is 0 Å². The van der Waals surface area contributed by atoms with E-state index in [-0.39, 0.29) is 0 Å². The molecule has 0 radical (unpaired) electrons. The third-order valence-electron chi connectivity index (χ3n) is 11.0. The van der Waals surface area contributed by atoms with Gasteiger partial charge in [-0.25, -0.2) is 0 Å². The van der Waals surface area contributed by atoms with Crippen LogP contribution in [0.5, 0.6) is 0 Å². The van der Waals surface area contributed by atoms with Crippen LogP contribution < -0.4 is 4.90 Å². The van der Waals surface area contributed by atoms with Gasteiger partial charge in [0, 0.05) is 53.1 Å². The van der Waals surface area contributed by atoms with Crippen molar-refractivity contribution in [1.82, 2.24) is 4.57 Å². The van der Waals surface area contributed by atoms with Gasteiger partial charge < -0.3 is 9.47 Å². The van der Waals surface area contributed by atoms with E-state index in [0.29, 0.717) is 0 Å². The van der Waals surface area contributed by atoms with E-state index in [4.69, 9.17) is 0 Å². The van der Waals surface area contributed by atoms with Crippen LogP contribution in [0.15, 0.2) is 206 Å². The van der Waals surface area contributed by atoms with Crippen molar-refractivity contribution in [3.63, 3.8) is 0 Å². The summed E-state index contributed by atoms with van der Waals surface area (Å²) in [5.41, 5.74) is 11.8. The van der Waals surface area contributed by atoms with E-state index in [0.717, 1.165) is 17.1 Å². The van der Waals surface area contributed by atoms with E-state index in [1.807, 2.05) is 11.3 Å². The molecule has 0 saturated carbocycles. The van der Waals surface area contributed by atoms with Crippen molar-refractivity contribution in [2.75, 3.05) is 4.90 Å². The maximum Gasteiger partial charge on any atom is 0.0562 e. The van der Waals surface area contributed by atoms with Crippen LogP contribution in [0.3, 0.4) is 0 Å². The highest BCUT2D eigenvalue weighted by molar-refractivity contribution is 7.26. The van der Waals surface area contributed by atoms with E-state index in [9.17, 15) is 0 Å².